The number of aryl methyl sites for hydroxylation is 1. The van der Waals surface area contributed by atoms with Crippen LogP contribution in [-0.4, -0.2) is 43.8 Å². The first-order valence-corrected chi connectivity index (χ1v) is 10.0. The Morgan fingerprint density at radius 2 is 2.21 bits per heavy atom. The van der Waals surface area contributed by atoms with Gasteiger partial charge in [0, 0.05) is 32.9 Å². The summed E-state index contributed by atoms with van der Waals surface area (Å²) < 4.78 is 19.5. The van der Waals surface area contributed by atoms with Crippen LogP contribution in [0.5, 0.6) is 0 Å². The van der Waals surface area contributed by atoms with Crippen LogP contribution in [0.4, 0.5) is 10.2 Å². The zero-order valence-corrected chi connectivity index (χ0v) is 17.6. The summed E-state index contributed by atoms with van der Waals surface area (Å²) in [5.41, 5.74) is 2.64. The molecule has 2 heterocycles. The van der Waals surface area contributed by atoms with E-state index in [1.165, 1.54) is 0 Å². The zero-order chi connectivity index (χ0) is 20.8. The van der Waals surface area contributed by atoms with Crippen molar-refractivity contribution in [3.63, 3.8) is 0 Å². The van der Waals surface area contributed by atoms with E-state index in [2.05, 4.69) is 38.5 Å². The summed E-state index contributed by atoms with van der Waals surface area (Å²) >= 11 is 0. The largest absolute Gasteiger partial charge is 0.375 e. The fourth-order valence-corrected chi connectivity index (χ4v) is 3.32. The molecule has 0 saturated carbocycles. The standard InChI is InChI=1S/C22H30FN5O/c1-15-5-6-19(12-20(15)23)17(3)27-22(24-4)26-13-18-7-8-25-21(11-18)28-9-10-29-16(2)14-28/h5-8,11-12,16-17H,9-10,13-14H2,1-4H3,(H2,24,26,27). The summed E-state index contributed by atoms with van der Waals surface area (Å²) in [7, 11) is 1.73. The van der Waals surface area contributed by atoms with Gasteiger partial charge < -0.3 is 20.3 Å². The summed E-state index contributed by atoms with van der Waals surface area (Å²) in [5, 5.41) is 6.64. The van der Waals surface area contributed by atoms with Crippen LogP contribution < -0.4 is 15.5 Å². The lowest BCUT2D eigenvalue weighted by atomic mass is 10.1. The Labute approximate surface area is 172 Å². The molecule has 156 valence electrons. The van der Waals surface area contributed by atoms with Crippen molar-refractivity contribution in [3.8, 4) is 0 Å². The van der Waals surface area contributed by atoms with Crippen LogP contribution in [-0.2, 0) is 11.3 Å². The first-order valence-electron chi connectivity index (χ1n) is 10.0. The summed E-state index contributed by atoms with van der Waals surface area (Å²) in [6.07, 6.45) is 2.05. The van der Waals surface area contributed by atoms with E-state index in [0.717, 1.165) is 36.6 Å². The van der Waals surface area contributed by atoms with Crippen LogP contribution in [0, 0.1) is 12.7 Å². The second-order valence-corrected chi connectivity index (χ2v) is 7.45. The molecule has 0 radical (unpaired) electrons. The molecule has 2 atom stereocenters. The van der Waals surface area contributed by atoms with Crippen molar-refractivity contribution in [2.75, 3.05) is 31.6 Å². The van der Waals surface area contributed by atoms with Crippen LogP contribution >= 0.6 is 0 Å². The maximum atomic E-state index is 13.9. The monoisotopic (exact) mass is 399 g/mol. The Morgan fingerprint density at radius 1 is 1.38 bits per heavy atom. The van der Waals surface area contributed by atoms with E-state index in [0.29, 0.717) is 18.1 Å². The van der Waals surface area contributed by atoms with Gasteiger partial charge in [0.1, 0.15) is 11.6 Å². The number of rotatable bonds is 5. The molecule has 29 heavy (non-hydrogen) atoms. The molecule has 0 spiro atoms. The third kappa shape index (κ3) is 5.67. The number of guanidine groups is 1. The Hall–Kier alpha value is -2.67. The van der Waals surface area contributed by atoms with Crippen LogP contribution in [0.25, 0.3) is 0 Å². The number of aliphatic imine (C=N–C) groups is 1. The molecule has 6 nitrogen and oxygen atoms in total. The van der Waals surface area contributed by atoms with E-state index in [4.69, 9.17) is 4.74 Å². The average Bonchev–Trinajstić information content (AvgIpc) is 2.73. The molecular weight excluding hydrogens is 369 g/mol. The zero-order valence-electron chi connectivity index (χ0n) is 17.6. The Kier molecular flexibility index (Phi) is 7.04. The van der Waals surface area contributed by atoms with Crippen molar-refractivity contribution in [3.05, 3.63) is 59.0 Å². The van der Waals surface area contributed by atoms with Gasteiger partial charge in [-0.1, -0.05) is 12.1 Å². The van der Waals surface area contributed by atoms with E-state index in [1.807, 2.05) is 25.3 Å². The summed E-state index contributed by atoms with van der Waals surface area (Å²) in [5.74, 6) is 1.43. The highest BCUT2D eigenvalue weighted by atomic mass is 19.1. The summed E-state index contributed by atoms with van der Waals surface area (Å²) in [6.45, 7) is 8.86. The number of anilines is 1. The molecule has 7 heteroatoms. The first kappa shape index (κ1) is 21.0. The minimum absolute atomic E-state index is 0.0702. The molecule has 1 aliphatic rings. The van der Waals surface area contributed by atoms with Gasteiger partial charge in [-0.25, -0.2) is 9.37 Å². The number of nitrogens with one attached hydrogen (secondary N) is 2. The molecule has 2 aromatic rings. The van der Waals surface area contributed by atoms with E-state index in [1.54, 1.807) is 26.1 Å². The molecule has 1 aliphatic heterocycles. The quantitative estimate of drug-likeness (QED) is 0.597. The lowest BCUT2D eigenvalue weighted by molar-refractivity contribution is 0.0529. The molecular formula is C22H30FN5O. The maximum Gasteiger partial charge on any atom is 0.191 e. The SMILES string of the molecule is CN=C(NCc1ccnc(N2CCOC(C)C2)c1)NC(C)c1ccc(C)c(F)c1. The van der Waals surface area contributed by atoms with Crippen LogP contribution in [0.2, 0.25) is 0 Å². The topological polar surface area (TPSA) is 61.8 Å². The molecule has 3 rings (SSSR count). The fourth-order valence-electron chi connectivity index (χ4n) is 3.32. The number of ether oxygens (including phenoxy) is 1. The lowest BCUT2D eigenvalue weighted by Crippen LogP contribution is -2.41. The number of pyridine rings is 1. The number of hydrogen-bond donors (Lipinski definition) is 2. The van der Waals surface area contributed by atoms with Crippen molar-refractivity contribution in [1.82, 2.24) is 15.6 Å². The van der Waals surface area contributed by atoms with Gasteiger partial charge in [0.15, 0.2) is 5.96 Å². The van der Waals surface area contributed by atoms with Gasteiger partial charge in [-0.05, 0) is 55.7 Å². The minimum atomic E-state index is -0.194. The van der Waals surface area contributed by atoms with Crippen LogP contribution in [0.15, 0.2) is 41.5 Å². The maximum absolute atomic E-state index is 13.9. The van der Waals surface area contributed by atoms with Crippen molar-refractivity contribution < 1.29 is 9.13 Å². The Morgan fingerprint density at radius 3 is 2.93 bits per heavy atom. The first-order chi connectivity index (χ1) is 14.0. The molecule has 0 aliphatic carbocycles. The molecule has 2 N–H and O–H groups in total. The van der Waals surface area contributed by atoms with Gasteiger partial charge in [0.25, 0.3) is 0 Å². The van der Waals surface area contributed by atoms with Gasteiger partial charge in [0.2, 0.25) is 0 Å². The molecule has 0 amide bonds. The molecule has 1 saturated heterocycles. The second-order valence-electron chi connectivity index (χ2n) is 7.45. The number of halogens is 1. The summed E-state index contributed by atoms with van der Waals surface area (Å²) in [4.78, 5) is 11.0. The predicted molar refractivity (Wildman–Crippen MR) is 115 cm³/mol. The highest BCUT2D eigenvalue weighted by Gasteiger charge is 2.18. The normalized spacial score (nSPS) is 18.4. The number of morpholine rings is 1. The van der Waals surface area contributed by atoms with Crippen molar-refractivity contribution in [2.45, 2.75) is 39.5 Å². The van der Waals surface area contributed by atoms with E-state index in [9.17, 15) is 4.39 Å². The molecule has 1 aromatic heterocycles. The van der Waals surface area contributed by atoms with Gasteiger partial charge in [-0.15, -0.1) is 0 Å². The van der Waals surface area contributed by atoms with Crippen molar-refractivity contribution in [1.29, 1.82) is 0 Å². The van der Waals surface area contributed by atoms with Crippen molar-refractivity contribution >= 4 is 11.8 Å². The van der Waals surface area contributed by atoms with E-state index in [-0.39, 0.29) is 18.0 Å². The van der Waals surface area contributed by atoms with Gasteiger partial charge in [-0.2, -0.15) is 0 Å². The number of nitrogens with zero attached hydrogens (tertiary/aromatic N) is 3. The molecule has 1 aromatic carbocycles. The third-order valence-electron chi connectivity index (χ3n) is 5.11. The van der Waals surface area contributed by atoms with E-state index >= 15 is 0 Å². The molecule has 0 bridgehead atoms. The number of benzene rings is 1. The molecule has 1 fully saturated rings. The second kappa shape index (κ2) is 9.69. The summed E-state index contributed by atoms with van der Waals surface area (Å²) in [6, 6.07) is 9.31. The smallest absolute Gasteiger partial charge is 0.191 e. The van der Waals surface area contributed by atoms with Crippen LogP contribution in [0.1, 0.15) is 36.6 Å². The number of hydrogen-bond acceptors (Lipinski definition) is 4. The van der Waals surface area contributed by atoms with Crippen molar-refractivity contribution in [2.24, 2.45) is 4.99 Å². The fraction of sp³-hybridized carbons (Fsp3) is 0.455. The third-order valence-corrected chi connectivity index (χ3v) is 5.11. The lowest BCUT2D eigenvalue weighted by Gasteiger charge is -2.32. The predicted octanol–water partition coefficient (Wildman–Crippen LogP) is 3.18. The minimum Gasteiger partial charge on any atom is -0.375 e. The molecule has 2 unspecified atom stereocenters. The van der Waals surface area contributed by atoms with Crippen LogP contribution in [0.3, 0.4) is 0 Å². The van der Waals surface area contributed by atoms with Gasteiger partial charge in [0.05, 0.1) is 18.8 Å². The average molecular weight is 400 g/mol. The van der Waals surface area contributed by atoms with Gasteiger partial charge in [-0.3, -0.25) is 4.99 Å². The van der Waals surface area contributed by atoms with Gasteiger partial charge >= 0.3 is 0 Å². The van der Waals surface area contributed by atoms with E-state index < -0.39 is 0 Å². The number of aromatic nitrogens is 1. The Bertz CT molecular complexity index is 857. The Balaban J connectivity index is 1.59. The highest BCUT2D eigenvalue weighted by Crippen LogP contribution is 2.17. The highest BCUT2D eigenvalue weighted by molar-refractivity contribution is 5.80.